The average Bonchev–Trinajstić information content (AvgIpc) is 3.53. The Balaban J connectivity index is 1.31. The molecule has 1 atom stereocenters. The molecule has 2 saturated heterocycles. The summed E-state index contributed by atoms with van der Waals surface area (Å²) in [5, 5.41) is 14.5. The molecule has 0 unspecified atom stereocenters. The first-order valence-electron chi connectivity index (χ1n) is 15.8. The second-order valence-corrected chi connectivity index (χ2v) is 13.5. The van der Waals surface area contributed by atoms with E-state index in [0.29, 0.717) is 70.3 Å². The van der Waals surface area contributed by atoms with Crippen molar-refractivity contribution in [2.75, 3.05) is 48.3 Å². The molecule has 0 saturated carbocycles. The van der Waals surface area contributed by atoms with Crippen LogP contribution in [0.4, 0.5) is 24.8 Å². The van der Waals surface area contributed by atoms with Gasteiger partial charge in [0.25, 0.3) is 10.1 Å². The number of nitriles is 1. The molecular formula is C31H40F3N7O5S. The molecule has 0 spiro atoms. The third kappa shape index (κ3) is 11.1. The number of aromatic nitrogens is 2. The number of piperidine rings is 1. The highest BCUT2D eigenvalue weighted by atomic mass is 32.2. The van der Waals surface area contributed by atoms with Crippen molar-refractivity contribution >= 4 is 33.6 Å². The molecule has 2 fully saturated rings. The van der Waals surface area contributed by atoms with E-state index in [1.165, 1.54) is 6.07 Å². The van der Waals surface area contributed by atoms with Crippen LogP contribution in [0, 0.1) is 17.2 Å². The maximum Gasteiger partial charge on any atom is 0.451 e. The molecule has 4 rings (SSSR count). The number of carbonyl (C=O) groups excluding carboxylic acids is 2. The molecule has 2 aromatic rings. The fourth-order valence-corrected chi connectivity index (χ4v) is 6.45. The molecule has 12 nitrogen and oxygen atoms in total. The number of anilines is 2. The SMILES string of the molecule is N#Cc1ccc(CCNC(=O)[C@@H]2CCCN2c2cc(N3CCC(CCCC(=O)NCCCS(=O)(=O)O)CC3)nc(C(F)(F)F)n2)cc1. The summed E-state index contributed by atoms with van der Waals surface area (Å²) in [4.78, 5) is 36.3. The second kappa shape index (κ2) is 16.2. The van der Waals surface area contributed by atoms with Crippen LogP contribution < -0.4 is 20.4 Å². The molecule has 0 radical (unpaired) electrons. The van der Waals surface area contributed by atoms with Crippen LogP contribution in [-0.4, -0.2) is 79.3 Å². The maximum atomic E-state index is 13.9. The summed E-state index contributed by atoms with van der Waals surface area (Å²) in [5.41, 5.74) is 1.49. The number of nitrogens with zero attached hydrogens (tertiary/aromatic N) is 5. The average molecular weight is 680 g/mol. The number of hydrogen-bond acceptors (Lipinski definition) is 9. The van der Waals surface area contributed by atoms with Gasteiger partial charge in [-0.25, -0.2) is 9.97 Å². The van der Waals surface area contributed by atoms with Crippen LogP contribution in [0.1, 0.15) is 68.3 Å². The van der Waals surface area contributed by atoms with Crippen LogP contribution in [0.15, 0.2) is 30.3 Å². The Bertz CT molecular complexity index is 1530. The van der Waals surface area contributed by atoms with Gasteiger partial charge in [0, 0.05) is 45.2 Å². The zero-order valence-electron chi connectivity index (χ0n) is 26.0. The van der Waals surface area contributed by atoms with Gasteiger partial charge in [0.2, 0.25) is 17.6 Å². The Kier molecular flexibility index (Phi) is 12.4. The lowest BCUT2D eigenvalue weighted by molar-refractivity contribution is -0.144. The summed E-state index contributed by atoms with van der Waals surface area (Å²) in [7, 11) is -4.06. The highest BCUT2D eigenvalue weighted by Gasteiger charge is 2.39. The molecule has 0 bridgehead atoms. The van der Waals surface area contributed by atoms with Crippen molar-refractivity contribution in [3.05, 3.63) is 47.3 Å². The van der Waals surface area contributed by atoms with Gasteiger partial charge in [-0.05, 0) is 75.0 Å². The molecule has 2 aliphatic heterocycles. The molecule has 1 aromatic carbocycles. The molecule has 2 amide bonds. The van der Waals surface area contributed by atoms with Gasteiger partial charge in [0.05, 0.1) is 17.4 Å². The Labute approximate surface area is 272 Å². The smallest absolute Gasteiger partial charge is 0.356 e. The molecule has 3 N–H and O–H groups in total. The predicted octanol–water partition coefficient (Wildman–Crippen LogP) is 3.48. The number of benzene rings is 1. The van der Waals surface area contributed by atoms with Crippen LogP contribution >= 0.6 is 0 Å². The fraction of sp³-hybridized carbons (Fsp3) is 0.581. The number of rotatable bonds is 14. The first-order valence-corrected chi connectivity index (χ1v) is 17.4. The van der Waals surface area contributed by atoms with E-state index in [0.717, 1.165) is 12.0 Å². The summed E-state index contributed by atoms with van der Waals surface area (Å²) < 4.78 is 72.0. The van der Waals surface area contributed by atoms with Crippen LogP contribution in [0.5, 0.6) is 0 Å². The third-order valence-electron chi connectivity index (χ3n) is 8.45. The highest BCUT2D eigenvalue weighted by Crippen LogP contribution is 2.34. The zero-order valence-corrected chi connectivity index (χ0v) is 26.8. The first kappa shape index (κ1) is 35.9. The normalized spacial score (nSPS) is 17.4. The van der Waals surface area contributed by atoms with Crippen LogP contribution in [0.3, 0.4) is 0 Å². The van der Waals surface area contributed by atoms with E-state index in [1.807, 2.05) is 17.0 Å². The van der Waals surface area contributed by atoms with Gasteiger partial charge in [-0.3, -0.25) is 14.1 Å². The van der Waals surface area contributed by atoms with Crippen molar-refractivity contribution < 1.29 is 35.7 Å². The lowest BCUT2D eigenvalue weighted by Gasteiger charge is -2.34. The number of hydrogen-bond donors (Lipinski definition) is 3. The highest BCUT2D eigenvalue weighted by molar-refractivity contribution is 7.85. The number of amides is 2. The van der Waals surface area contributed by atoms with Gasteiger partial charge in [0.1, 0.15) is 17.7 Å². The Morgan fingerprint density at radius 1 is 1.00 bits per heavy atom. The van der Waals surface area contributed by atoms with E-state index in [-0.39, 0.29) is 48.8 Å². The number of nitrogens with one attached hydrogen (secondary N) is 2. The lowest BCUT2D eigenvalue weighted by Crippen LogP contribution is -2.44. The molecule has 0 aliphatic carbocycles. The molecule has 2 aliphatic rings. The topological polar surface area (TPSA) is 169 Å². The molecule has 16 heteroatoms. The van der Waals surface area contributed by atoms with E-state index in [4.69, 9.17) is 9.81 Å². The van der Waals surface area contributed by atoms with Gasteiger partial charge >= 0.3 is 6.18 Å². The van der Waals surface area contributed by atoms with Crippen molar-refractivity contribution in [1.29, 1.82) is 5.26 Å². The van der Waals surface area contributed by atoms with Gasteiger partial charge in [0.15, 0.2) is 0 Å². The predicted molar refractivity (Wildman–Crippen MR) is 168 cm³/mol. The number of alkyl halides is 3. The van der Waals surface area contributed by atoms with Crippen molar-refractivity contribution in [3.63, 3.8) is 0 Å². The number of carbonyl (C=O) groups is 2. The Morgan fingerprint density at radius 2 is 1.70 bits per heavy atom. The maximum absolute atomic E-state index is 13.9. The first-order chi connectivity index (χ1) is 22.3. The lowest BCUT2D eigenvalue weighted by atomic mass is 9.91. The van der Waals surface area contributed by atoms with E-state index < -0.39 is 33.9 Å². The van der Waals surface area contributed by atoms with Crippen molar-refractivity contribution in [1.82, 2.24) is 20.6 Å². The van der Waals surface area contributed by atoms with E-state index in [1.54, 1.807) is 17.0 Å². The van der Waals surface area contributed by atoms with Gasteiger partial charge in [-0.1, -0.05) is 12.1 Å². The fourth-order valence-electron chi connectivity index (χ4n) is 5.94. The molecular weight excluding hydrogens is 639 g/mol. The van der Waals surface area contributed by atoms with E-state index in [2.05, 4.69) is 26.7 Å². The minimum Gasteiger partial charge on any atom is -0.356 e. The van der Waals surface area contributed by atoms with Crippen molar-refractivity contribution in [2.45, 2.75) is 70.0 Å². The van der Waals surface area contributed by atoms with Gasteiger partial charge in [-0.2, -0.15) is 26.9 Å². The summed E-state index contributed by atoms with van der Waals surface area (Å²) in [5.74, 6) is -1.63. The van der Waals surface area contributed by atoms with Gasteiger partial charge in [-0.15, -0.1) is 0 Å². The largest absolute Gasteiger partial charge is 0.451 e. The van der Waals surface area contributed by atoms with Gasteiger partial charge < -0.3 is 20.4 Å². The summed E-state index contributed by atoms with van der Waals surface area (Å²) in [6.07, 6.45) is 0.0979. The quantitative estimate of drug-likeness (QED) is 0.199. The summed E-state index contributed by atoms with van der Waals surface area (Å²) in [6, 6.07) is 9.97. The molecule has 47 heavy (non-hydrogen) atoms. The van der Waals surface area contributed by atoms with Crippen LogP contribution in [0.2, 0.25) is 0 Å². The molecule has 3 heterocycles. The number of halogens is 3. The second-order valence-electron chi connectivity index (χ2n) is 11.9. The Hall–Kier alpha value is -3.97. The van der Waals surface area contributed by atoms with E-state index >= 15 is 0 Å². The standard InChI is InChI=1S/C31H40F3N7O5S/c32-31(33,34)30-38-26(40-17-12-22(13-18-40)4-1-6-28(42)36-14-3-19-47(44,45)46)20-27(39-30)41-16-2-5-25(41)29(43)37-15-11-23-7-9-24(21-35)10-8-23/h7-10,20,22,25H,1-6,11-19H2,(H,36,42)(H,37,43)(H,44,45,46)/t25-/m0/s1. The molecule has 1 aromatic heterocycles. The zero-order chi connectivity index (χ0) is 34.0. The summed E-state index contributed by atoms with van der Waals surface area (Å²) >= 11 is 0. The summed E-state index contributed by atoms with van der Waals surface area (Å²) in [6.45, 7) is 1.85. The van der Waals surface area contributed by atoms with Crippen LogP contribution in [-0.2, 0) is 32.3 Å². The van der Waals surface area contributed by atoms with Crippen molar-refractivity contribution in [2.24, 2.45) is 5.92 Å². The van der Waals surface area contributed by atoms with Crippen molar-refractivity contribution in [3.8, 4) is 6.07 Å². The minimum atomic E-state index is -4.77. The third-order valence-corrected chi connectivity index (χ3v) is 9.26. The van der Waals surface area contributed by atoms with Crippen LogP contribution in [0.25, 0.3) is 0 Å². The minimum absolute atomic E-state index is 0.0665. The monoisotopic (exact) mass is 679 g/mol. The van der Waals surface area contributed by atoms with E-state index in [9.17, 15) is 31.2 Å². The Morgan fingerprint density at radius 3 is 2.36 bits per heavy atom. The molecule has 256 valence electrons.